The van der Waals surface area contributed by atoms with Crippen molar-refractivity contribution in [1.29, 1.82) is 0 Å². The normalized spacial score (nSPS) is 18.5. The molecule has 0 aliphatic carbocycles. The lowest BCUT2D eigenvalue weighted by atomic mass is 9.97. The summed E-state index contributed by atoms with van der Waals surface area (Å²) in [6.07, 6.45) is 4.67. The molecule has 5 amide bonds. The number of rotatable bonds is 14. The lowest BCUT2D eigenvalue weighted by Crippen LogP contribution is -2.57. The van der Waals surface area contributed by atoms with Crippen LogP contribution in [0.15, 0.2) is 12.5 Å². The van der Waals surface area contributed by atoms with Gasteiger partial charge in [0.25, 0.3) is 0 Å². The molecule has 222 valence electrons. The average molecular weight is 565 g/mol. The van der Waals surface area contributed by atoms with Crippen molar-refractivity contribution in [3.05, 3.63) is 18.2 Å². The van der Waals surface area contributed by atoms with E-state index in [1.165, 1.54) is 25.1 Å². The zero-order chi connectivity index (χ0) is 30.0. The standard InChI is InChI=1S/C25H40N8O7/c1-5-13(2)20(24(38)31-15(4)25(39)40)32-23(37)18-7-6-8-33(18)19(34)11-28-21(35)14(3)30-22(36)17(26)9-16-10-27-12-29-16/h10,12-15,17-18,20H,5-9,11,26H2,1-4H3,(H,27,29)(H,28,35)(H,30,36)(H,31,38)(H,32,37)(H,39,40)/t13-,14-,15-,17-,18-,20-/m0/s1. The van der Waals surface area contributed by atoms with Gasteiger partial charge in [0.2, 0.25) is 29.5 Å². The zero-order valence-corrected chi connectivity index (χ0v) is 23.2. The average Bonchev–Trinajstić information content (AvgIpc) is 3.61. The van der Waals surface area contributed by atoms with Gasteiger partial charge in [0.05, 0.1) is 18.9 Å². The molecule has 1 aromatic rings. The summed E-state index contributed by atoms with van der Waals surface area (Å²) < 4.78 is 0. The molecule has 1 fully saturated rings. The van der Waals surface area contributed by atoms with Gasteiger partial charge in [-0.25, -0.2) is 4.98 Å². The number of carboxylic acid groups (broad SMARTS) is 1. The molecule has 0 bridgehead atoms. The van der Waals surface area contributed by atoms with E-state index in [0.29, 0.717) is 25.0 Å². The molecular formula is C25H40N8O7. The first-order valence-corrected chi connectivity index (χ1v) is 13.3. The fraction of sp³-hybridized carbons (Fsp3) is 0.640. The van der Waals surface area contributed by atoms with Crippen LogP contribution in [0.3, 0.4) is 0 Å². The summed E-state index contributed by atoms with van der Waals surface area (Å²) in [4.78, 5) is 82.7. The third kappa shape index (κ3) is 9.03. The number of likely N-dealkylation sites (tertiary alicyclic amines) is 1. The predicted molar refractivity (Wildman–Crippen MR) is 142 cm³/mol. The van der Waals surface area contributed by atoms with Crippen LogP contribution in [-0.2, 0) is 35.2 Å². The van der Waals surface area contributed by atoms with Crippen molar-refractivity contribution in [3.8, 4) is 0 Å². The number of hydrogen-bond donors (Lipinski definition) is 7. The smallest absolute Gasteiger partial charge is 0.325 e. The summed E-state index contributed by atoms with van der Waals surface area (Å²) in [6, 6.07) is -4.84. The minimum Gasteiger partial charge on any atom is -0.480 e. The number of imidazole rings is 1. The highest BCUT2D eigenvalue weighted by Crippen LogP contribution is 2.19. The molecule has 1 aliphatic rings. The number of aromatic amines is 1. The molecule has 15 heteroatoms. The molecule has 2 rings (SSSR count). The molecule has 1 aromatic heterocycles. The number of aliphatic carboxylic acids is 1. The van der Waals surface area contributed by atoms with E-state index in [9.17, 15) is 28.8 Å². The fourth-order valence-electron chi connectivity index (χ4n) is 4.18. The third-order valence-corrected chi connectivity index (χ3v) is 6.90. The van der Waals surface area contributed by atoms with Crippen molar-refractivity contribution in [1.82, 2.24) is 36.1 Å². The van der Waals surface area contributed by atoms with E-state index in [1.54, 1.807) is 13.1 Å². The van der Waals surface area contributed by atoms with Crippen LogP contribution < -0.4 is 27.0 Å². The van der Waals surface area contributed by atoms with Gasteiger partial charge in [0.1, 0.15) is 24.2 Å². The Labute approximate surface area is 232 Å². The van der Waals surface area contributed by atoms with Crippen LogP contribution in [-0.4, -0.2) is 98.8 Å². The number of aromatic nitrogens is 2. The first-order chi connectivity index (χ1) is 18.8. The van der Waals surface area contributed by atoms with Crippen molar-refractivity contribution < 1.29 is 33.9 Å². The van der Waals surface area contributed by atoms with Crippen LogP contribution >= 0.6 is 0 Å². The number of carbonyl (C=O) groups excluding carboxylic acids is 5. The summed E-state index contributed by atoms with van der Waals surface area (Å²) in [6.45, 7) is 6.27. The molecule has 6 atom stereocenters. The van der Waals surface area contributed by atoms with Crippen molar-refractivity contribution in [3.63, 3.8) is 0 Å². The molecule has 1 aliphatic heterocycles. The Balaban J connectivity index is 1.91. The molecule has 0 spiro atoms. The van der Waals surface area contributed by atoms with E-state index in [2.05, 4.69) is 31.2 Å². The SMILES string of the molecule is CC[C@H](C)[C@H](NC(=O)[C@@H]1CCCN1C(=O)CNC(=O)[C@H](C)NC(=O)[C@@H](N)Cc1cnc[nH]1)C(=O)N[C@@H](C)C(=O)O. The molecule has 0 unspecified atom stereocenters. The summed E-state index contributed by atoms with van der Waals surface area (Å²) in [5.41, 5.74) is 6.55. The number of hydrogen-bond acceptors (Lipinski definition) is 8. The van der Waals surface area contributed by atoms with E-state index in [-0.39, 0.29) is 18.9 Å². The van der Waals surface area contributed by atoms with Crippen LogP contribution in [0.2, 0.25) is 0 Å². The minimum atomic E-state index is -1.21. The third-order valence-electron chi connectivity index (χ3n) is 6.90. The number of nitrogens with two attached hydrogens (primary N) is 1. The van der Waals surface area contributed by atoms with Crippen molar-refractivity contribution in [2.75, 3.05) is 13.1 Å². The molecule has 0 radical (unpaired) electrons. The molecule has 0 saturated carbocycles. The molecule has 8 N–H and O–H groups in total. The van der Waals surface area contributed by atoms with Crippen LogP contribution in [0.1, 0.15) is 52.7 Å². The van der Waals surface area contributed by atoms with Gasteiger partial charge in [-0.15, -0.1) is 0 Å². The van der Waals surface area contributed by atoms with Crippen molar-refractivity contribution in [2.45, 2.75) is 83.6 Å². The number of amides is 5. The number of H-pyrrole nitrogens is 1. The lowest BCUT2D eigenvalue weighted by Gasteiger charge is -2.29. The van der Waals surface area contributed by atoms with Gasteiger partial charge in [-0.2, -0.15) is 0 Å². The number of nitrogens with zero attached hydrogens (tertiary/aromatic N) is 2. The lowest BCUT2D eigenvalue weighted by molar-refractivity contribution is -0.143. The predicted octanol–water partition coefficient (Wildman–Crippen LogP) is -1.99. The Bertz CT molecular complexity index is 1060. The first kappa shape index (κ1) is 32.2. The molecule has 2 heterocycles. The monoisotopic (exact) mass is 564 g/mol. The highest BCUT2D eigenvalue weighted by Gasteiger charge is 2.37. The first-order valence-electron chi connectivity index (χ1n) is 13.3. The van der Waals surface area contributed by atoms with Gasteiger partial charge >= 0.3 is 5.97 Å². The Morgan fingerprint density at radius 3 is 2.35 bits per heavy atom. The second-order valence-electron chi connectivity index (χ2n) is 10.0. The largest absolute Gasteiger partial charge is 0.480 e. The molecule has 1 saturated heterocycles. The Morgan fingerprint density at radius 2 is 1.75 bits per heavy atom. The Morgan fingerprint density at radius 1 is 1.07 bits per heavy atom. The summed E-state index contributed by atoms with van der Waals surface area (Å²) in [5, 5.41) is 19.1. The van der Waals surface area contributed by atoms with E-state index in [4.69, 9.17) is 10.8 Å². The quantitative estimate of drug-likeness (QED) is 0.132. The Kier molecular flexibility index (Phi) is 12.0. The highest BCUT2D eigenvalue weighted by atomic mass is 16.4. The minimum absolute atomic E-state index is 0.204. The Hall–Kier alpha value is -4.01. The molecule has 40 heavy (non-hydrogen) atoms. The molecule has 15 nitrogen and oxygen atoms in total. The van der Waals surface area contributed by atoms with Gasteiger partial charge in [0, 0.05) is 24.9 Å². The van der Waals surface area contributed by atoms with Gasteiger partial charge in [-0.05, 0) is 32.6 Å². The highest BCUT2D eigenvalue weighted by molar-refractivity contribution is 5.95. The second kappa shape index (κ2) is 15.0. The maximum absolute atomic E-state index is 13.1. The number of carboxylic acids is 1. The number of carbonyl (C=O) groups is 6. The maximum atomic E-state index is 13.1. The molecule has 0 aromatic carbocycles. The second-order valence-corrected chi connectivity index (χ2v) is 10.0. The number of nitrogens with one attached hydrogen (secondary N) is 5. The van der Waals surface area contributed by atoms with E-state index in [1.807, 2.05) is 6.92 Å². The van der Waals surface area contributed by atoms with Gasteiger partial charge in [-0.1, -0.05) is 20.3 Å². The molecular weight excluding hydrogens is 524 g/mol. The summed E-state index contributed by atoms with van der Waals surface area (Å²) >= 11 is 0. The van der Waals surface area contributed by atoms with Gasteiger partial charge in [-0.3, -0.25) is 28.8 Å². The van der Waals surface area contributed by atoms with Crippen LogP contribution in [0.25, 0.3) is 0 Å². The van der Waals surface area contributed by atoms with Crippen molar-refractivity contribution in [2.24, 2.45) is 11.7 Å². The summed E-state index contributed by atoms with van der Waals surface area (Å²) in [7, 11) is 0. The van der Waals surface area contributed by atoms with Gasteiger partial charge < -0.3 is 42.0 Å². The zero-order valence-electron chi connectivity index (χ0n) is 23.2. The van der Waals surface area contributed by atoms with E-state index < -0.39 is 72.3 Å². The van der Waals surface area contributed by atoms with E-state index in [0.717, 1.165) is 0 Å². The van der Waals surface area contributed by atoms with Crippen LogP contribution in [0.4, 0.5) is 0 Å². The van der Waals surface area contributed by atoms with Crippen molar-refractivity contribution >= 4 is 35.5 Å². The maximum Gasteiger partial charge on any atom is 0.325 e. The summed E-state index contributed by atoms with van der Waals surface area (Å²) in [5.74, 6) is -4.30. The topological polar surface area (TPSA) is 229 Å². The van der Waals surface area contributed by atoms with Crippen LogP contribution in [0, 0.1) is 5.92 Å². The fourth-order valence-corrected chi connectivity index (χ4v) is 4.18. The van der Waals surface area contributed by atoms with Crippen LogP contribution in [0.5, 0.6) is 0 Å². The van der Waals surface area contributed by atoms with E-state index >= 15 is 0 Å². The van der Waals surface area contributed by atoms with Gasteiger partial charge in [0.15, 0.2) is 0 Å².